The quantitative estimate of drug-likeness (QED) is 0.668. The Hall–Kier alpha value is -0.860. The van der Waals surface area contributed by atoms with Gasteiger partial charge in [0.25, 0.3) is 0 Å². The molecular weight excluding hydrogens is 162 g/mol. The summed E-state index contributed by atoms with van der Waals surface area (Å²) in [7, 11) is 0. The molecule has 2 nitrogen and oxygen atoms in total. The minimum atomic E-state index is -0.270. The first-order chi connectivity index (χ1) is 6.06. The van der Waals surface area contributed by atoms with Crippen molar-refractivity contribution in [1.82, 2.24) is 5.48 Å². The van der Waals surface area contributed by atoms with Crippen molar-refractivity contribution in [3.05, 3.63) is 35.9 Å². The van der Waals surface area contributed by atoms with Crippen LogP contribution < -0.4 is 5.48 Å². The molecule has 1 heterocycles. The number of hydrogen-bond acceptors (Lipinski definition) is 2. The molecule has 0 saturated carbocycles. The Morgan fingerprint density at radius 1 is 1.15 bits per heavy atom. The van der Waals surface area contributed by atoms with Crippen LogP contribution in [-0.4, -0.2) is 0 Å². The summed E-state index contributed by atoms with van der Waals surface area (Å²) >= 11 is 0. The van der Waals surface area contributed by atoms with Crippen LogP contribution in [0.2, 0.25) is 0 Å². The highest BCUT2D eigenvalue weighted by molar-refractivity contribution is 5.26. The first-order valence-electron chi connectivity index (χ1n) is 4.57. The van der Waals surface area contributed by atoms with Gasteiger partial charge in [-0.25, -0.2) is 0 Å². The van der Waals surface area contributed by atoms with Gasteiger partial charge in [0.1, 0.15) is 0 Å². The fourth-order valence-corrected chi connectivity index (χ4v) is 1.58. The molecule has 1 atom stereocenters. The summed E-state index contributed by atoms with van der Waals surface area (Å²) < 4.78 is 0. The van der Waals surface area contributed by atoms with E-state index in [2.05, 4.69) is 38.4 Å². The van der Waals surface area contributed by atoms with E-state index in [1.165, 1.54) is 5.56 Å². The standard InChI is InChI=1S/C11H15NO/c1-10(2,3)11(12-13-11)9-7-5-4-6-8-9/h4-8,12H,1-3H3. The fraction of sp³-hybridized carbons (Fsp3) is 0.455. The average Bonchev–Trinajstić information content (AvgIpc) is 2.84. The zero-order valence-corrected chi connectivity index (χ0v) is 8.29. The number of hydrogen-bond donors (Lipinski definition) is 1. The predicted molar refractivity (Wildman–Crippen MR) is 51.8 cm³/mol. The molecule has 70 valence electrons. The van der Waals surface area contributed by atoms with E-state index in [1.54, 1.807) is 0 Å². The summed E-state index contributed by atoms with van der Waals surface area (Å²) in [6.07, 6.45) is 0. The van der Waals surface area contributed by atoms with E-state index < -0.39 is 0 Å². The van der Waals surface area contributed by atoms with Crippen LogP contribution in [0.15, 0.2) is 30.3 Å². The van der Waals surface area contributed by atoms with Gasteiger partial charge in [0.15, 0.2) is 5.72 Å². The lowest BCUT2D eigenvalue weighted by molar-refractivity contribution is 0.155. The Bertz CT molecular complexity index is 296. The number of rotatable bonds is 1. The van der Waals surface area contributed by atoms with Crippen molar-refractivity contribution in [2.75, 3.05) is 0 Å². The predicted octanol–water partition coefficient (Wildman–Crippen LogP) is 2.42. The zero-order chi connectivity index (χ0) is 9.53. The van der Waals surface area contributed by atoms with Crippen LogP contribution in [0.25, 0.3) is 0 Å². The van der Waals surface area contributed by atoms with Crippen LogP contribution in [0, 0.1) is 5.41 Å². The highest BCUT2D eigenvalue weighted by Crippen LogP contribution is 2.47. The first kappa shape index (κ1) is 8.73. The SMILES string of the molecule is CC(C)(C)C1(c2ccccc2)NO1. The molecule has 1 saturated heterocycles. The molecule has 1 fully saturated rings. The van der Waals surface area contributed by atoms with E-state index >= 15 is 0 Å². The van der Waals surface area contributed by atoms with Crippen LogP contribution in [0.1, 0.15) is 26.3 Å². The molecule has 0 spiro atoms. The third kappa shape index (κ3) is 1.26. The Kier molecular flexibility index (Phi) is 1.72. The van der Waals surface area contributed by atoms with Gasteiger partial charge in [0, 0.05) is 11.0 Å². The van der Waals surface area contributed by atoms with Crippen molar-refractivity contribution in [3.63, 3.8) is 0 Å². The first-order valence-corrected chi connectivity index (χ1v) is 4.57. The van der Waals surface area contributed by atoms with Gasteiger partial charge >= 0.3 is 0 Å². The van der Waals surface area contributed by atoms with Gasteiger partial charge in [-0.2, -0.15) is 5.48 Å². The molecule has 1 aromatic carbocycles. The van der Waals surface area contributed by atoms with E-state index in [4.69, 9.17) is 4.84 Å². The van der Waals surface area contributed by atoms with Crippen LogP contribution in [0.4, 0.5) is 0 Å². The summed E-state index contributed by atoms with van der Waals surface area (Å²) in [6.45, 7) is 6.50. The normalized spacial score (nSPS) is 27.3. The maximum absolute atomic E-state index is 5.40. The van der Waals surface area contributed by atoms with Gasteiger partial charge in [0.05, 0.1) is 0 Å². The van der Waals surface area contributed by atoms with Gasteiger partial charge < -0.3 is 0 Å². The highest BCUT2D eigenvalue weighted by Gasteiger charge is 2.56. The molecule has 1 aliphatic heterocycles. The monoisotopic (exact) mass is 177 g/mol. The third-order valence-corrected chi connectivity index (χ3v) is 2.54. The molecule has 1 unspecified atom stereocenters. The fourth-order valence-electron chi connectivity index (χ4n) is 1.58. The molecule has 0 aliphatic carbocycles. The third-order valence-electron chi connectivity index (χ3n) is 2.54. The van der Waals surface area contributed by atoms with Crippen molar-refractivity contribution in [3.8, 4) is 0 Å². The van der Waals surface area contributed by atoms with Crippen molar-refractivity contribution >= 4 is 0 Å². The molecule has 0 radical (unpaired) electrons. The molecule has 1 N–H and O–H groups in total. The summed E-state index contributed by atoms with van der Waals surface area (Å²) in [5.74, 6) is 0. The molecule has 1 aliphatic rings. The number of nitrogens with one attached hydrogen (secondary N) is 1. The zero-order valence-electron chi connectivity index (χ0n) is 8.29. The number of hydroxylamine groups is 1. The molecule has 0 bridgehead atoms. The Labute approximate surface area is 78.9 Å². The highest BCUT2D eigenvalue weighted by atomic mass is 16.8. The van der Waals surface area contributed by atoms with Gasteiger partial charge in [-0.05, 0) is 0 Å². The van der Waals surface area contributed by atoms with Crippen LogP contribution in [-0.2, 0) is 10.6 Å². The summed E-state index contributed by atoms with van der Waals surface area (Å²) in [5, 5.41) is 0. The molecule has 2 rings (SSSR count). The van der Waals surface area contributed by atoms with Gasteiger partial charge in [-0.15, -0.1) is 0 Å². The molecule has 0 amide bonds. The second-order valence-electron chi connectivity index (χ2n) is 4.50. The van der Waals surface area contributed by atoms with Crippen molar-refractivity contribution < 1.29 is 4.84 Å². The second kappa shape index (κ2) is 2.56. The summed E-state index contributed by atoms with van der Waals surface area (Å²) in [5.41, 5.74) is 4.01. The average molecular weight is 177 g/mol. The lowest BCUT2D eigenvalue weighted by atomic mass is 9.81. The molecule has 0 aromatic heterocycles. The smallest absolute Gasteiger partial charge is 0.191 e. The van der Waals surface area contributed by atoms with Gasteiger partial charge in [0.2, 0.25) is 0 Å². The lowest BCUT2D eigenvalue weighted by Crippen LogP contribution is -2.30. The molecule has 1 aromatic rings. The van der Waals surface area contributed by atoms with E-state index in [9.17, 15) is 0 Å². The van der Waals surface area contributed by atoms with Crippen molar-refractivity contribution in [1.29, 1.82) is 0 Å². The molecule has 13 heavy (non-hydrogen) atoms. The maximum Gasteiger partial charge on any atom is 0.191 e. The molecular formula is C11H15NO. The minimum absolute atomic E-state index is 0.0777. The number of benzene rings is 1. The Morgan fingerprint density at radius 3 is 2.08 bits per heavy atom. The van der Waals surface area contributed by atoms with Crippen LogP contribution in [0.3, 0.4) is 0 Å². The summed E-state index contributed by atoms with van der Waals surface area (Å²) in [4.78, 5) is 5.40. The van der Waals surface area contributed by atoms with Gasteiger partial charge in [-0.3, -0.25) is 4.84 Å². The lowest BCUT2D eigenvalue weighted by Gasteiger charge is -2.25. The van der Waals surface area contributed by atoms with Crippen molar-refractivity contribution in [2.24, 2.45) is 5.41 Å². The Balaban J connectivity index is 2.37. The van der Waals surface area contributed by atoms with Crippen LogP contribution >= 0.6 is 0 Å². The Morgan fingerprint density at radius 2 is 1.69 bits per heavy atom. The molecule has 2 heteroatoms. The minimum Gasteiger partial charge on any atom is -0.269 e. The van der Waals surface area contributed by atoms with Crippen LogP contribution in [0.5, 0.6) is 0 Å². The van der Waals surface area contributed by atoms with E-state index in [1.807, 2.05) is 18.2 Å². The second-order valence-corrected chi connectivity index (χ2v) is 4.50. The topological polar surface area (TPSA) is 34.5 Å². The van der Waals surface area contributed by atoms with Crippen molar-refractivity contribution in [2.45, 2.75) is 26.5 Å². The van der Waals surface area contributed by atoms with E-state index in [-0.39, 0.29) is 11.1 Å². The largest absolute Gasteiger partial charge is 0.269 e. The van der Waals surface area contributed by atoms with E-state index in [0.29, 0.717) is 0 Å². The van der Waals surface area contributed by atoms with Gasteiger partial charge in [-0.1, -0.05) is 51.1 Å². The maximum atomic E-state index is 5.40. The van der Waals surface area contributed by atoms with E-state index in [0.717, 1.165) is 0 Å². The summed E-state index contributed by atoms with van der Waals surface area (Å²) in [6, 6.07) is 10.3.